The van der Waals surface area contributed by atoms with E-state index in [1.165, 1.54) is 0 Å². The molecule has 0 aliphatic heterocycles. The van der Waals surface area contributed by atoms with Gasteiger partial charge in [0.15, 0.2) is 11.5 Å². The van der Waals surface area contributed by atoms with Gasteiger partial charge in [-0.15, -0.1) is 0 Å². The van der Waals surface area contributed by atoms with Crippen LogP contribution in [-0.2, 0) is 13.0 Å². The van der Waals surface area contributed by atoms with E-state index in [2.05, 4.69) is 20.9 Å². The molecule has 1 heterocycles. The van der Waals surface area contributed by atoms with Gasteiger partial charge in [0.2, 0.25) is 0 Å². The summed E-state index contributed by atoms with van der Waals surface area (Å²) in [5.74, 6) is 1.46. The summed E-state index contributed by atoms with van der Waals surface area (Å²) in [7, 11) is 0. The molecule has 0 aliphatic carbocycles. The van der Waals surface area contributed by atoms with Crippen LogP contribution in [0.5, 0.6) is 11.5 Å². The summed E-state index contributed by atoms with van der Waals surface area (Å²) in [6.45, 7) is 3.62. The first-order valence-electron chi connectivity index (χ1n) is 6.91. The van der Waals surface area contributed by atoms with Crippen molar-refractivity contribution in [3.63, 3.8) is 0 Å². The average Bonchev–Trinajstić information content (AvgIpc) is 2.48. The molecule has 112 valence electrons. The van der Waals surface area contributed by atoms with Crippen molar-refractivity contribution < 1.29 is 9.47 Å². The second-order valence-corrected chi connectivity index (χ2v) is 5.38. The van der Waals surface area contributed by atoms with Crippen molar-refractivity contribution in [1.82, 2.24) is 4.98 Å². The van der Waals surface area contributed by atoms with Gasteiger partial charge < -0.3 is 15.2 Å². The number of nitrogens with zero attached hydrogens (tertiary/aromatic N) is 1. The van der Waals surface area contributed by atoms with E-state index < -0.39 is 0 Å². The molecule has 0 spiro atoms. The van der Waals surface area contributed by atoms with E-state index in [9.17, 15) is 0 Å². The van der Waals surface area contributed by atoms with Crippen LogP contribution in [0.1, 0.15) is 18.1 Å². The van der Waals surface area contributed by atoms with Gasteiger partial charge in [-0.2, -0.15) is 0 Å². The van der Waals surface area contributed by atoms with Gasteiger partial charge in [0.1, 0.15) is 6.61 Å². The highest BCUT2D eigenvalue weighted by atomic mass is 79.9. The third-order valence-electron chi connectivity index (χ3n) is 2.93. The molecule has 4 nitrogen and oxygen atoms in total. The van der Waals surface area contributed by atoms with Crippen LogP contribution < -0.4 is 15.2 Å². The van der Waals surface area contributed by atoms with E-state index >= 15 is 0 Å². The Labute approximate surface area is 133 Å². The molecule has 0 amide bonds. The first-order valence-corrected chi connectivity index (χ1v) is 7.71. The standard InChI is InChI=1S/C16H19BrN2O2/c1-2-20-15-10-13(3-6-18)9-14(17)16(15)21-11-12-4-7-19-8-5-12/h4-5,7-10H,2-3,6,11,18H2,1H3. The van der Waals surface area contributed by atoms with Crippen LogP contribution in [-0.4, -0.2) is 18.1 Å². The van der Waals surface area contributed by atoms with Crippen LogP contribution in [0.3, 0.4) is 0 Å². The Morgan fingerprint density at radius 1 is 1.14 bits per heavy atom. The van der Waals surface area contributed by atoms with Gasteiger partial charge in [0.25, 0.3) is 0 Å². The van der Waals surface area contributed by atoms with Crippen LogP contribution in [0.2, 0.25) is 0 Å². The maximum atomic E-state index is 5.91. The molecule has 0 fully saturated rings. The highest BCUT2D eigenvalue weighted by molar-refractivity contribution is 9.10. The van der Waals surface area contributed by atoms with Crippen LogP contribution in [0.25, 0.3) is 0 Å². The predicted molar refractivity (Wildman–Crippen MR) is 86.6 cm³/mol. The number of hydrogen-bond donors (Lipinski definition) is 1. The Morgan fingerprint density at radius 3 is 2.57 bits per heavy atom. The summed E-state index contributed by atoms with van der Waals surface area (Å²) >= 11 is 3.55. The van der Waals surface area contributed by atoms with Crippen molar-refractivity contribution >= 4 is 15.9 Å². The van der Waals surface area contributed by atoms with Gasteiger partial charge in [0.05, 0.1) is 11.1 Å². The van der Waals surface area contributed by atoms with E-state index in [0.29, 0.717) is 19.8 Å². The Kier molecular flexibility index (Phi) is 6.02. The maximum absolute atomic E-state index is 5.91. The molecule has 0 saturated heterocycles. The minimum absolute atomic E-state index is 0.470. The lowest BCUT2D eigenvalue weighted by Gasteiger charge is -2.15. The van der Waals surface area contributed by atoms with Crippen molar-refractivity contribution in [1.29, 1.82) is 0 Å². The normalized spacial score (nSPS) is 10.4. The Bertz CT molecular complexity index is 576. The van der Waals surface area contributed by atoms with Crippen molar-refractivity contribution in [3.05, 3.63) is 52.3 Å². The minimum Gasteiger partial charge on any atom is -0.490 e. The lowest BCUT2D eigenvalue weighted by atomic mass is 10.1. The summed E-state index contributed by atoms with van der Waals surface area (Å²) in [6.07, 6.45) is 4.31. The number of hydrogen-bond acceptors (Lipinski definition) is 4. The third kappa shape index (κ3) is 4.44. The number of pyridine rings is 1. The molecule has 21 heavy (non-hydrogen) atoms. The summed E-state index contributed by atoms with van der Waals surface area (Å²) in [5.41, 5.74) is 7.80. The van der Waals surface area contributed by atoms with Gasteiger partial charge in [-0.05, 0) is 71.2 Å². The highest BCUT2D eigenvalue weighted by Gasteiger charge is 2.12. The Morgan fingerprint density at radius 2 is 1.90 bits per heavy atom. The molecule has 5 heteroatoms. The van der Waals surface area contributed by atoms with Gasteiger partial charge in [-0.1, -0.05) is 0 Å². The second-order valence-electron chi connectivity index (χ2n) is 4.52. The van der Waals surface area contributed by atoms with E-state index in [4.69, 9.17) is 15.2 Å². The summed E-state index contributed by atoms with van der Waals surface area (Å²) in [6, 6.07) is 7.87. The molecular formula is C16H19BrN2O2. The molecule has 0 unspecified atom stereocenters. The van der Waals surface area contributed by atoms with Gasteiger partial charge in [-0.3, -0.25) is 4.98 Å². The van der Waals surface area contributed by atoms with Crippen molar-refractivity contribution in [2.24, 2.45) is 5.73 Å². The number of aromatic nitrogens is 1. The van der Waals surface area contributed by atoms with Crippen LogP contribution in [0.15, 0.2) is 41.1 Å². The Hall–Kier alpha value is -1.59. The zero-order chi connectivity index (χ0) is 15.1. The smallest absolute Gasteiger partial charge is 0.175 e. The molecule has 2 N–H and O–H groups in total. The number of halogens is 1. The molecule has 2 aromatic rings. The molecule has 1 aromatic heterocycles. The SMILES string of the molecule is CCOc1cc(CCN)cc(Br)c1OCc1ccncc1. The largest absolute Gasteiger partial charge is 0.490 e. The molecule has 0 radical (unpaired) electrons. The zero-order valence-electron chi connectivity index (χ0n) is 12.0. The molecule has 0 aliphatic rings. The summed E-state index contributed by atoms with van der Waals surface area (Å²) in [5, 5.41) is 0. The van der Waals surface area contributed by atoms with Crippen LogP contribution in [0.4, 0.5) is 0 Å². The molecule has 1 aromatic carbocycles. The molecule has 0 saturated carbocycles. The lowest BCUT2D eigenvalue weighted by molar-refractivity contribution is 0.267. The molecule has 2 rings (SSSR count). The first-order chi connectivity index (χ1) is 10.2. The fourth-order valence-electron chi connectivity index (χ4n) is 1.97. The first kappa shape index (κ1) is 15.8. The second kappa shape index (κ2) is 8.00. The zero-order valence-corrected chi connectivity index (χ0v) is 13.6. The third-order valence-corrected chi connectivity index (χ3v) is 3.52. The maximum Gasteiger partial charge on any atom is 0.175 e. The minimum atomic E-state index is 0.470. The van der Waals surface area contributed by atoms with E-state index in [1.54, 1.807) is 12.4 Å². The molecule has 0 atom stereocenters. The quantitative estimate of drug-likeness (QED) is 0.831. The monoisotopic (exact) mass is 350 g/mol. The molecular weight excluding hydrogens is 332 g/mol. The van der Waals surface area contributed by atoms with Gasteiger partial charge in [0, 0.05) is 12.4 Å². The number of rotatable bonds is 7. The van der Waals surface area contributed by atoms with Crippen LogP contribution in [0, 0.1) is 0 Å². The number of nitrogens with two attached hydrogens (primary N) is 1. The van der Waals surface area contributed by atoms with Crippen LogP contribution >= 0.6 is 15.9 Å². The summed E-state index contributed by atoms with van der Waals surface area (Å²) < 4.78 is 12.5. The number of benzene rings is 1. The fourth-order valence-corrected chi connectivity index (χ4v) is 2.57. The lowest BCUT2D eigenvalue weighted by Crippen LogP contribution is -2.05. The highest BCUT2D eigenvalue weighted by Crippen LogP contribution is 2.37. The number of ether oxygens (including phenoxy) is 2. The summed E-state index contributed by atoms with van der Waals surface area (Å²) in [4.78, 5) is 4.00. The van der Waals surface area contributed by atoms with Gasteiger partial charge in [-0.25, -0.2) is 0 Å². The predicted octanol–water partition coefficient (Wildman–Crippen LogP) is 3.32. The molecule has 0 bridgehead atoms. The van der Waals surface area contributed by atoms with Crippen molar-refractivity contribution in [2.75, 3.05) is 13.2 Å². The van der Waals surface area contributed by atoms with E-state index in [0.717, 1.165) is 33.5 Å². The van der Waals surface area contributed by atoms with E-state index in [1.807, 2.05) is 31.2 Å². The average molecular weight is 351 g/mol. The van der Waals surface area contributed by atoms with Crippen molar-refractivity contribution in [3.8, 4) is 11.5 Å². The van der Waals surface area contributed by atoms with E-state index in [-0.39, 0.29) is 0 Å². The van der Waals surface area contributed by atoms with Gasteiger partial charge >= 0.3 is 0 Å². The fraction of sp³-hybridized carbons (Fsp3) is 0.312. The van der Waals surface area contributed by atoms with Crippen molar-refractivity contribution in [2.45, 2.75) is 20.0 Å². The topological polar surface area (TPSA) is 57.4 Å². The Balaban J connectivity index is 2.20.